The van der Waals surface area contributed by atoms with E-state index < -0.39 is 0 Å². The number of nitrogens with one attached hydrogen (secondary N) is 1. The van der Waals surface area contributed by atoms with Crippen LogP contribution in [0.5, 0.6) is 0 Å². The highest BCUT2D eigenvalue weighted by atomic mass is 32.1. The summed E-state index contributed by atoms with van der Waals surface area (Å²) in [5.74, 6) is 0.0395. The van der Waals surface area contributed by atoms with E-state index in [1.54, 1.807) is 0 Å². The number of carbonyl (C=O) groups excluding carboxylic acids is 1. The number of aryl methyl sites for hydroxylation is 1. The van der Waals surface area contributed by atoms with Crippen molar-refractivity contribution in [2.45, 2.75) is 13.8 Å². The molecule has 3 nitrogen and oxygen atoms in total. The van der Waals surface area contributed by atoms with E-state index in [9.17, 15) is 4.79 Å². The van der Waals surface area contributed by atoms with E-state index in [1.807, 2.05) is 38.1 Å². The zero-order chi connectivity index (χ0) is 13.1. The predicted molar refractivity (Wildman–Crippen MR) is 75.1 cm³/mol. The molecule has 2 aromatic rings. The molecular weight excluding hydrogens is 246 g/mol. The second kappa shape index (κ2) is 5.50. The summed E-state index contributed by atoms with van der Waals surface area (Å²) in [5.41, 5.74) is 1.03. The van der Waals surface area contributed by atoms with Crippen molar-refractivity contribution in [3.05, 3.63) is 34.7 Å². The maximum absolute atomic E-state index is 12.1. The molecule has 1 amide bonds. The first-order chi connectivity index (χ1) is 8.63. The maximum Gasteiger partial charge on any atom is 0.261 e. The highest BCUT2D eigenvalue weighted by Crippen LogP contribution is 2.30. The molecule has 0 aliphatic heterocycles. The molecule has 0 radical (unpaired) electrons. The average molecular weight is 263 g/mol. The van der Waals surface area contributed by atoms with Crippen LogP contribution >= 0.6 is 11.3 Å². The van der Waals surface area contributed by atoms with E-state index in [0.29, 0.717) is 6.54 Å². The van der Waals surface area contributed by atoms with Crippen LogP contribution in [0.15, 0.2) is 24.3 Å². The van der Waals surface area contributed by atoms with Gasteiger partial charge in [0, 0.05) is 17.9 Å². The molecule has 4 heteroatoms. The molecule has 2 N–H and O–H groups in total. The summed E-state index contributed by atoms with van der Waals surface area (Å²) in [6.07, 6.45) is 0. The third-order valence-corrected chi connectivity index (χ3v) is 4.24. The minimum absolute atomic E-state index is 0.0472. The Hall–Kier alpha value is -1.39. The molecular formula is C14H17NO2S. The van der Waals surface area contributed by atoms with Gasteiger partial charge in [0.05, 0.1) is 4.88 Å². The number of fused-ring (bicyclic) bond motifs is 1. The highest BCUT2D eigenvalue weighted by molar-refractivity contribution is 7.21. The number of hydrogen-bond donors (Lipinski definition) is 2. The van der Waals surface area contributed by atoms with Crippen LogP contribution in [0.25, 0.3) is 10.1 Å². The second-order valence-electron chi connectivity index (χ2n) is 4.55. The number of aliphatic hydroxyl groups is 1. The Kier molecular flexibility index (Phi) is 3.99. The molecule has 96 valence electrons. The van der Waals surface area contributed by atoms with Crippen molar-refractivity contribution in [2.24, 2.45) is 5.92 Å². The van der Waals surface area contributed by atoms with Crippen LogP contribution in [0.2, 0.25) is 0 Å². The molecule has 1 unspecified atom stereocenters. The largest absolute Gasteiger partial charge is 0.396 e. The summed E-state index contributed by atoms with van der Waals surface area (Å²) in [6, 6.07) is 8.03. The number of carbonyl (C=O) groups is 1. The molecule has 2 rings (SSSR count). The summed E-state index contributed by atoms with van der Waals surface area (Å²) >= 11 is 1.52. The van der Waals surface area contributed by atoms with Gasteiger partial charge >= 0.3 is 0 Å². The quantitative estimate of drug-likeness (QED) is 0.890. The topological polar surface area (TPSA) is 49.3 Å². The molecule has 0 saturated carbocycles. The van der Waals surface area contributed by atoms with Crippen molar-refractivity contribution in [3.8, 4) is 0 Å². The van der Waals surface area contributed by atoms with Gasteiger partial charge in [-0.3, -0.25) is 4.79 Å². The van der Waals surface area contributed by atoms with Crippen molar-refractivity contribution in [1.82, 2.24) is 5.32 Å². The number of benzene rings is 1. The lowest BCUT2D eigenvalue weighted by Gasteiger charge is -2.08. The summed E-state index contributed by atoms with van der Waals surface area (Å²) in [7, 11) is 0. The third-order valence-electron chi connectivity index (χ3n) is 2.97. The minimum atomic E-state index is -0.0472. The molecule has 1 aromatic heterocycles. The van der Waals surface area contributed by atoms with Crippen LogP contribution in [0.3, 0.4) is 0 Å². The Balaban J connectivity index is 2.20. The maximum atomic E-state index is 12.1. The molecule has 0 saturated heterocycles. The number of rotatable bonds is 4. The van der Waals surface area contributed by atoms with Crippen LogP contribution in [0.4, 0.5) is 0 Å². The Morgan fingerprint density at radius 2 is 2.17 bits per heavy atom. The molecule has 1 atom stereocenters. The van der Waals surface area contributed by atoms with Gasteiger partial charge in [-0.05, 0) is 29.9 Å². The van der Waals surface area contributed by atoms with Crippen LogP contribution in [-0.2, 0) is 0 Å². The first-order valence-electron chi connectivity index (χ1n) is 6.00. The van der Waals surface area contributed by atoms with Gasteiger partial charge in [-0.2, -0.15) is 0 Å². The van der Waals surface area contributed by atoms with Gasteiger partial charge < -0.3 is 10.4 Å². The average Bonchev–Trinajstić information content (AvgIpc) is 2.73. The lowest BCUT2D eigenvalue weighted by molar-refractivity contribution is 0.0946. The van der Waals surface area contributed by atoms with E-state index in [0.717, 1.165) is 20.5 Å². The van der Waals surface area contributed by atoms with Crippen LogP contribution < -0.4 is 5.32 Å². The van der Waals surface area contributed by atoms with E-state index in [1.165, 1.54) is 11.3 Å². The first-order valence-corrected chi connectivity index (χ1v) is 6.82. The lowest BCUT2D eigenvalue weighted by atomic mass is 10.1. The fourth-order valence-electron chi connectivity index (χ4n) is 1.80. The third kappa shape index (κ3) is 2.54. The SMILES string of the molecule is Cc1c(C(=O)NCC(C)CO)sc2ccccc12. The molecule has 0 aliphatic rings. The zero-order valence-corrected chi connectivity index (χ0v) is 11.4. The van der Waals surface area contributed by atoms with Crippen molar-refractivity contribution < 1.29 is 9.90 Å². The number of amides is 1. The van der Waals surface area contributed by atoms with Gasteiger partial charge in [0.2, 0.25) is 0 Å². The molecule has 1 aromatic carbocycles. The van der Waals surface area contributed by atoms with Crippen LogP contribution in [-0.4, -0.2) is 24.2 Å². The fourth-order valence-corrected chi connectivity index (χ4v) is 2.93. The predicted octanol–water partition coefficient (Wildman–Crippen LogP) is 2.57. The molecule has 0 aliphatic carbocycles. The van der Waals surface area contributed by atoms with E-state index in [2.05, 4.69) is 5.32 Å². The Labute approximate surface area is 110 Å². The van der Waals surface area contributed by atoms with E-state index in [-0.39, 0.29) is 18.4 Å². The van der Waals surface area contributed by atoms with E-state index >= 15 is 0 Å². The van der Waals surface area contributed by atoms with Gasteiger partial charge in [0.15, 0.2) is 0 Å². The van der Waals surface area contributed by atoms with Gasteiger partial charge in [-0.15, -0.1) is 11.3 Å². The number of thiophene rings is 1. The summed E-state index contributed by atoms with van der Waals surface area (Å²) in [4.78, 5) is 12.8. The van der Waals surface area contributed by atoms with Crippen molar-refractivity contribution in [2.75, 3.05) is 13.2 Å². The zero-order valence-electron chi connectivity index (χ0n) is 10.6. The van der Waals surface area contributed by atoms with Crippen molar-refractivity contribution >= 4 is 27.3 Å². The smallest absolute Gasteiger partial charge is 0.261 e. The Bertz CT molecular complexity index is 562. The molecule has 18 heavy (non-hydrogen) atoms. The molecule has 0 bridgehead atoms. The van der Waals surface area contributed by atoms with Gasteiger partial charge in [0.1, 0.15) is 0 Å². The summed E-state index contributed by atoms with van der Waals surface area (Å²) < 4.78 is 1.13. The Morgan fingerprint density at radius 3 is 2.83 bits per heavy atom. The van der Waals surface area contributed by atoms with Gasteiger partial charge in [-0.1, -0.05) is 25.1 Å². The number of aliphatic hydroxyl groups excluding tert-OH is 1. The first kappa shape index (κ1) is 13.1. The molecule has 1 heterocycles. The highest BCUT2D eigenvalue weighted by Gasteiger charge is 2.15. The lowest BCUT2D eigenvalue weighted by Crippen LogP contribution is -2.29. The normalized spacial score (nSPS) is 12.6. The molecule has 0 spiro atoms. The molecule has 0 fully saturated rings. The minimum Gasteiger partial charge on any atom is -0.396 e. The van der Waals surface area contributed by atoms with Gasteiger partial charge in [-0.25, -0.2) is 0 Å². The second-order valence-corrected chi connectivity index (χ2v) is 5.60. The van der Waals surface area contributed by atoms with Crippen LogP contribution in [0, 0.1) is 12.8 Å². The van der Waals surface area contributed by atoms with Gasteiger partial charge in [0.25, 0.3) is 5.91 Å². The van der Waals surface area contributed by atoms with Crippen molar-refractivity contribution in [1.29, 1.82) is 0 Å². The van der Waals surface area contributed by atoms with Crippen molar-refractivity contribution in [3.63, 3.8) is 0 Å². The fraction of sp³-hybridized carbons (Fsp3) is 0.357. The monoisotopic (exact) mass is 263 g/mol. The van der Waals surface area contributed by atoms with Crippen LogP contribution in [0.1, 0.15) is 22.2 Å². The summed E-state index contributed by atoms with van der Waals surface area (Å²) in [5, 5.41) is 12.9. The Morgan fingerprint density at radius 1 is 1.44 bits per heavy atom. The van der Waals surface area contributed by atoms with E-state index in [4.69, 9.17) is 5.11 Å². The summed E-state index contributed by atoms with van der Waals surface area (Å²) in [6.45, 7) is 4.47. The standard InChI is InChI=1S/C14H17NO2S/c1-9(8-16)7-15-14(17)13-10(2)11-5-3-4-6-12(11)18-13/h3-6,9,16H,7-8H2,1-2H3,(H,15,17). The number of hydrogen-bond acceptors (Lipinski definition) is 3.